The molecule has 146 valence electrons. The van der Waals surface area contributed by atoms with E-state index in [-0.39, 0.29) is 0 Å². The predicted molar refractivity (Wildman–Crippen MR) is 108 cm³/mol. The molecular formula is C21H29ClN4O. The van der Waals surface area contributed by atoms with E-state index in [1.54, 1.807) is 0 Å². The van der Waals surface area contributed by atoms with Gasteiger partial charge in [0.2, 0.25) is 0 Å². The number of hydrogen-bond acceptors (Lipinski definition) is 5. The van der Waals surface area contributed by atoms with E-state index in [4.69, 9.17) is 16.1 Å². The number of nitrogens with zero attached hydrogens (tertiary/aromatic N) is 4. The Balaban J connectivity index is 1.31. The van der Waals surface area contributed by atoms with Crippen LogP contribution in [0.4, 0.5) is 0 Å². The summed E-state index contributed by atoms with van der Waals surface area (Å²) in [4.78, 5) is 9.72. The molecule has 2 fully saturated rings. The molecule has 3 heterocycles. The van der Waals surface area contributed by atoms with E-state index in [0.29, 0.717) is 10.9 Å². The first kappa shape index (κ1) is 18.9. The van der Waals surface area contributed by atoms with Crippen molar-refractivity contribution >= 4 is 11.6 Å². The maximum Gasteiger partial charge on any atom is 0.258 e. The van der Waals surface area contributed by atoms with Gasteiger partial charge in [-0.25, -0.2) is 0 Å². The van der Waals surface area contributed by atoms with E-state index >= 15 is 0 Å². The molecule has 0 N–H and O–H groups in total. The van der Waals surface area contributed by atoms with E-state index in [1.165, 1.54) is 45.3 Å². The van der Waals surface area contributed by atoms with Crippen LogP contribution in [-0.4, -0.2) is 52.7 Å². The van der Waals surface area contributed by atoms with Crippen LogP contribution >= 0.6 is 11.6 Å². The first-order valence-electron chi connectivity index (χ1n) is 10.2. The van der Waals surface area contributed by atoms with Crippen molar-refractivity contribution in [3.8, 4) is 11.5 Å². The summed E-state index contributed by atoms with van der Waals surface area (Å²) in [7, 11) is 0. The molecule has 2 aliphatic heterocycles. The van der Waals surface area contributed by atoms with Gasteiger partial charge in [0.25, 0.3) is 5.89 Å². The summed E-state index contributed by atoms with van der Waals surface area (Å²) in [6.45, 7) is 9.17. The van der Waals surface area contributed by atoms with Gasteiger partial charge in [-0.2, -0.15) is 4.98 Å². The highest BCUT2D eigenvalue weighted by Crippen LogP contribution is 2.24. The fourth-order valence-corrected chi connectivity index (χ4v) is 4.50. The van der Waals surface area contributed by atoms with Crippen molar-refractivity contribution in [2.45, 2.75) is 39.2 Å². The van der Waals surface area contributed by atoms with Crippen molar-refractivity contribution in [2.24, 2.45) is 11.8 Å². The zero-order valence-electron chi connectivity index (χ0n) is 16.1. The lowest BCUT2D eigenvalue weighted by Crippen LogP contribution is -2.43. The van der Waals surface area contributed by atoms with Gasteiger partial charge in [0.1, 0.15) is 0 Å². The molecule has 0 bridgehead atoms. The largest absolute Gasteiger partial charge is 0.334 e. The van der Waals surface area contributed by atoms with Crippen LogP contribution < -0.4 is 0 Å². The van der Waals surface area contributed by atoms with Gasteiger partial charge in [-0.15, -0.1) is 0 Å². The molecule has 1 aromatic carbocycles. The van der Waals surface area contributed by atoms with E-state index in [0.717, 1.165) is 42.9 Å². The average molecular weight is 389 g/mol. The van der Waals surface area contributed by atoms with Crippen molar-refractivity contribution in [1.29, 1.82) is 0 Å². The molecule has 0 unspecified atom stereocenters. The molecular weight excluding hydrogens is 360 g/mol. The zero-order valence-corrected chi connectivity index (χ0v) is 16.9. The molecule has 5 nitrogen and oxygen atoms in total. The molecule has 1 aromatic heterocycles. The molecule has 6 heteroatoms. The maximum atomic E-state index is 6.06. The minimum atomic E-state index is 0.545. The molecule has 0 saturated carbocycles. The fraction of sp³-hybridized carbons (Fsp3) is 0.619. The summed E-state index contributed by atoms with van der Waals surface area (Å²) in [5.41, 5.74) is 0.872. The lowest BCUT2D eigenvalue weighted by molar-refractivity contribution is 0.107. The molecule has 0 radical (unpaired) electrons. The Bertz CT molecular complexity index is 741. The number of benzene rings is 1. The van der Waals surface area contributed by atoms with Crippen LogP contribution in [0.25, 0.3) is 11.5 Å². The highest BCUT2D eigenvalue weighted by atomic mass is 35.5. The molecule has 27 heavy (non-hydrogen) atoms. The van der Waals surface area contributed by atoms with Gasteiger partial charge in [-0.05, 0) is 75.4 Å². The van der Waals surface area contributed by atoms with Crippen molar-refractivity contribution in [3.05, 3.63) is 35.1 Å². The van der Waals surface area contributed by atoms with Crippen LogP contribution in [0, 0.1) is 11.8 Å². The Kier molecular flexibility index (Phi) is 6.11. The number of likely N-dealkylation sites (tertiary alicyclic amines) is 2. The van der Waals surface area contributed by atoms with Crippen molar-refractivity contribution in [2.75, 3.05) is 32.7 Å². The minimum Gasteiger partial charge on any atom is -0.334 e. The summed E-state index contributed by atoms with van der Waals surface area (Å²) in [6, 6.07) is 7.55. The Hall–Kier alpha value is -1.43. The number of rotatable bonds is 5. The highest BCUT2D eigenvalue weighted by Gasteiger charge is 2.25. The van der Waals surface area contributed by atoms with E-state index < -0.39 is 0 Å². The maximum absolute atomic E-state index is 6.06. The van der Waals surface area contributed by atoms with Gasteiger partial charge in [-0.1, -0.05) is 29.7 Å². The first-order chi connectivity index (χ1) is 13.2. The standard InChI is InChI=1S/C21H29ClN4O/c1-16-7-10-25(11-8-16)13-17-4-3-9-26(14-17)15-20-23-21(27-24-20)18-5-2-6-19(22)12-18/h2,5-6,12,16-17H,3-4,7-11,13-15H2,1H3/t17-/m0/s1. The van der Waals surface area contributed by atoms with E-state index in [1.807, 2.05) is 24.3 Å². The highest BCUT2D eigenvalue weighted by molar-refractivity contribution is 6.30. The summed E-state index contributed by atoms with van der Waals surface area (Å²) >= 11 is 6.06. The topological polar surface area (TPSA) is 45.4 Å². The van der Waals surface area contributed by atoms with Gasteiger partial charge in [0.15, 0.2) is 5.82 Å². The zero-order chi connectivity index (χ0) is 18.6. The molecule has 0 amide bonds. The number of hydrogen-bond donors (Lipinski definition) is 0. The minimum absolute atomic E-state index is 0.545. The van der Waals surface area contributed by atoms with Crippen molar-refractivity contribution < 1.29 is 4.52 Å². The van der Waals surface area contributed by atoms with Gasteiger partial charge < -0.3 is 9.42 Å². The number of piperidine rings is 2. The smallest absolute Gasteiger partial charge is 0.258 e. The molecule has 1 atom stereocenters. The van der Waals surface area contributed by atoms with Crippen molar-refractivity contribution in [3.63, 3.8) is 0 Å². The van der Waals surface area contributed by atoms with E-state index in [2.05, 4.69) is 26.9 Å². The third-order valence-corrected chi connectivity index (χ3v) is 6.14. The average Bonchev–Trinajstić information content (AvgIpc) is 3.12. The summed E-state index contributed by atoms with van der Waals surface area (Å²) in [5, 5.41) is 4.86. The Morgan fingerprint density at radius 1 is 1.15 bits per heavy atom. The number of halogens is 1. The molecule has 2 saturated heterocycles. The van der Waals surface area contributed by atoms with Crippen LogP contribution in [0.1, 0.15) is 38.4 Å². The Morgan fingerprint density at radius 2 is 2.00 bits per heavy atom. The molecule has 0 aliphatic carbocycles. The molecule has 4 rings (SSSR count). The van der Waals surface area contributed by atoms with Crippen LogP contribution in [-0.2, 0) is 6.54 Å². The predicted octanol–water partition coefficient (Wildman–Crippen LogP) is 4.33. The quantitative estimate of drug-likeness (QED) is 0.762. The van der Waals surface area contributed by atoms with Crippen LogP contribution in [0.15, 0.2) is 28.8 Å². The Morgan fingerprint density at radius 3 is 2.81 bits per heavy atom. The normalized spacial score (nSPS) is 23.0. The van der Waals surface area contributed by atoms with Gasteiger partial charge in [0.05, 0.1) is 6.54 Å². The third-order valence-electron chi connectivity index (χ3n) is 5.90. The fourth-order valence-electron chi connectivity index (χ4n) is 4.31. The summed E-state index contributed by atoms with van der Waals surface area (Å²) < 4.78 is 5.45. The first-order valence-corrected chi connectivity index (χ1v) is 10.6. The van der Waals surface area contributed by atoms with Crippen LogP contribution in [0.5, 0.6) is 0 Å². The second-order valence-corrected chi connectivity index (χ2v) is 8.69. The summed E-state index contributed by atoms with van der Waals surface area (Å²) in [5.74, 6) is 2.96. The van der Waals surface area contributed by atoms with Gasteiger partial charge >= 0.3 is 0 Å². The van der Waals surface area contributed by atoms with Crippen LogP contribution in [0.3, 0.4) is 0 Å². The number of aromatic nitrogens is 2. The van der Waals surface area contributed by atoms with Gasteiger partial charge in [0, 0.05) is 23.7 Å². The second-order valence-electron chi connectivity index (χ2n) is 8.25. The lowest BCUT2D eigenvalue weighted by atomic mass is 9.94. The lowest BCUT2D eigenvalue weighted by Gasteiger charge is -2.37. The molecule has 2 aliphatic rings. The van der Waals surface area contributed by atoms with Gasteiger partial charge in [-0.3, -0.25) is 4.90 Å². The van der Waals surface area contributed by atoms with Crippen LogP contribution in [0.2, 0.25) is 5.02 Å². The molecule has 0 spiro atoms. The molecule has 2 aromatic rings. The van der Waals surface area contributed by atoms with E-state index in [9.17, 15) is 0 Å². The second kappa shape index (κ2) is 8.72. The Labute approximate surface area is 166 Å². The SMILES string of the molecule is CC1CCN(C[C@@H]2CCCN(Cc3noc(-c4cccc(Cl)c4)n3)C2)CC1. The monoisotopic (exact) mass is 388 g/mol. The summed E-state index contributed by atoms with van der Waals surface area (Å²) in [6.07, 6.45) is 5.30. The third kappa shape index (κ3) is 5.09. The van der Waals surface area contributed by atoms with Crippen molar-refractivity contribution in [1.82, 2.24) is 19.9 Å².